The first-order chi connectivity index (χ1) is 11.9. The Morgan fingerprint density at radius 3 is 2.40 bits per heavy atom. The van der Waals surface area contributed by atoms with Crippen LogP contribution in [0.4, 0.5) is 0 Å². The summed E-state index contributed by atoms with van der Waals surface area (Å²) in [6, 6.07) is 15.2. The summed E-state index contributed by atoms with van der Waals surface area (Å²) in [5, 5.41) is 3.56. The van der Waals surface area contributed by atoms with Gasteiger partial charge in [-0.1, -0.05) is 83.2 Å². The van der Waals surface area contributed by atoms with Gasteiger partial charge in [-0.05, 0) is 53.0 Å². The predicted octanol–water partition coefficient (Wildman–Crippen LogP) is 6.40. The molecule has 0 aromatic heterocycles. The summed E-state index contributed by atoms with van der Waals surface area (Å²) in [6.45, 7) is 16.5. The van der Waals surface area contributed by atoms with Gasteiger partial charge in [0.2, 0.25) is 0 Å². The van der Waals surface area contributed by atoms with Crippen LogP contribution in [0.15, 0.2) is 49.0 Å². The maximum absolute atomic E-state index is 4.25. The fraction of sp³-hybridized carbons (Fsp3) is 0.417. The van der Waals surface area contributed by atoms with Gasteiger partial charge in [-0.3, -0.25) is 0 Å². The van der Waals surface area contributed by atoms with E-state index < -0.39 is 0 Å². The van der Waals surface area contributed by atoms with Crippen LogP contribution in [0.25, 0.3) is 5.70 Å². The lowest BCUT2D eigenvalue weighted by Crippen LogP contribution is -2.21. The van der Waals surface area contributed by atoms with E-state index in [0.29, 0.717) is 0 Å². The van der Waals surface area contributed by atoms with Gasteiger partial charge < -0.3 is 5.32 Å². The second-order valence-corrected chi connectivity index (χ2v) is 7.58. The van der Waals surface area contributed by atoms with E-state index in [-0.39, 0.29) is 5.41 Å². The largest absolute Gasteiger partial charge is 0.381 e. The first-order valence-corrected chi connectivity index (χ1v) is 9.50. The summed E-state index contributed by atoms with van der Waals surface area (Å²) < 4.78 is 0. The van der Waals surface area contributed by atoms with Crippen molar-refractivity contribution in [2.24, 2.45) is 0 Å². The number of aryl methyl sites for hydroxylation is 1. The smallest absolute Gasteiger partial charge is 0.0403 e. The highest BCUT2D eigenvalue weighted by Gasteiger charge is 2.22. The molecule has 0 atom stereocenters. The SMILES string of the molecule is C=C(NCc1cccc(C(C)(C)CC)c1CCC)c1ccccc1C. The van der Waals surface area contributed by atoms with Crippen LogP contribution in [0.2, 0.25) is 0 Å². The number of benzene rings is 2. The number of nitrogens with one attached hydrogen (secondary N) is 1. The van der Waals surface area contributed by atoms with Crippen molar-refractivity contribution in [3.63, 3.8) is 0 Å². The molecular formula is C24H33N. The number of rotatable bonds is 8. The zero-order valence-corrected chi connectivity index (χ0v) is 16.6. The maximum atomic E-state index is 4.25. The van der Waals surface area contributed by atoms with Gasteiger partial charge >= 0.3 is 0 Å². The van der Waals surface area contributed by atoms with Gasteiger partial charge in [0.1, 0.15) is 0 Å². The third kappa shape index (κ3) is 4.54. The molecule has 1 heteroatoms. The molecule has 1 N–H and O–H groups in total. The van der Waals surface area contributed by atoms with Crippen molar-refractivity contribution < 1.29 is 0 Å². The van der Waals surface area contributed by atoms with Crippen molar-refractivity contribution in [3.8, 4) is 0 Å². The standard InChI is InChI=1S/C24H33N/c1-7-12-22-20(14-11-16-23(22)24(5,6)8-2)17-25-19(4)21-15-10-9-13-18(21)3/h9-11,13-16,25H,4,7-8,12,17H2,1-3,5-6H3. The summed E-state index contributed by atoms with van der Waals surface area (Å²) >= 11 is 0. The average Bonchev–Trinajstić information content (AvgIpc) is 2.61. The van der Waals surface area contributed by atoms with Crippen LogP contribution in [0.1, 0.15) is 68.4 Å². The van der Waals surface area contributed by atoms with E-state index in [0.717, 1.165) is 25.1 Å². The van der Waals surface area contributed by atoms with Gasteiger partial charge in [0.15, 0.2) is 0 Å². The highest BCUT2D eigenvalue weighted by atomic mass is 14.9. The van der Waals surface area contributed by atoms with Crippen molar-refractivity contribution in [3.05, 3.63) is 76.9 Å². The minimum atomic E-state index is 0.216. The van der Waals surface area contributed by atoms with E-state index in [9.17, 15) is 0 Å². The fourth-order valence-electron chi connectivity index (χ4n) is 3.38. The van der Waals surface area contributed by atoms with Gasteiger partial charge in [-0.15, -0.1) is 0 Å². The van der Waals surface area contributed by atoms with Crippen LogP contribution in [0.5, 0.6) is 0 Å². The number of hydrogen-bond donors (Lipinski definition) is 1. The lowest BCUT2D eigenvalue weighted by atomic mass is 9.77. The van der Waals surface area contributed by atoms with Crippen molar-refractivity contribution in [2.75, 3.05) is 0 Å². The minimum Gasteiger partial charge on any atom is -0.381 e. The second-order valence-electron chi connectivity index (χ2n) is 7.58. The molecule has 0 radical (unpaired) electrons. The van der Waals surface area contributed by atoms with E-state index >= 15 is 0 Å². The summed E-state index contributed by atoms with van der Waals surface area (Å²) in [5.41, 5.74) is 8.09. The van der Waals surface area contributed by atoms with Crippen molar-refractivity contribution in [2.45, 2.75) is 65.8 Å². The van der Waals surface area contributed by atoms with Crippen LogP contribution < -0.4 is 5.32 Å². The molecule has 134 valence electrons. The van der Waals surface area contributed by atoms with Crippen LogP contribution in [0.3, 0.4) is 0 Å². The highest BCUT2D eigenvalue weighted by Crippen LogP contribution is 2.32. The third-order valence-corrected chi connectivity index (χ3v) is 5.35. The molecule has 2 aromatic rings. The molecule has 0 unspecified atom stereocenters. The molecule has 0 heterocycles. The highest BCUT2D eigenvalue weighted by molar-refractivity contribution is 5.64. The fourth-order valence-corrected chi connectivity index (χ4v) is 3.38. The van der Waals surface area contributed by atoms with Gasteiger partial charge in [0, 0.05) is 12.2 Å². The van der Waals surface area contributed by atoms with Crippen LogP contribution in [-0.2, 0) is 18.4 Å². The molecule has 0 bridgehead atoms. The molecular weight excluding hydrogens is 302 g/mol. The third-order valence-electron chi connectivity index (χ3n) is 5.35. The molecule has 0 spiro atoms. The van der Waals surface area contributed by atoms with Crippen LogP contribution in [-0.4, -0.2) is 0 Å². The molecule has 0 aliphatic carbocycles. The van der Waals surface area contributed by atoms with Crippen molar-refractivity contribution in [1.29, 1.82) is 0 Å². The average molecular weight is 336 g/mol. The Morgan fingerprint density at radius 1 is 1.04 bits per heavy atom. The van der Waals surface area contributed by atoms with Gasteiger partial charge in [-0.25, -0.2) is 0 Å². The summed E-state index contributed by atoms with van der Waals surface area (Å²) in [7, 11) is 0. The molecule has 0 aliphatic rings. The van der Waals surface area contributed by atoms with E-state index in [1.807, 2.05) is 0 Å². The lowest BCUT2D eigenvalue weighted by Gasteiger charge is -2.28. The molecule has 0 amide bonds. The Hall–Kier alpha value is -2.02. The summed E-state index contributed by atoms with van der Waals surface area (Å²) in [6.07, 6.45) is 3.45. The zero-order valence-electron chi connectivity index (χ0n) is 16.6. The van der Waals surface area contributed by atoms with Gasteiger partial charge in [-0.2, -0.15) is 0 Å². The summed E-state index contributed by atoms with van der Waals surface area (Å²) in [5.74, 6) is 0. The molecule has 25 heavy (non-hydrogen) atoms. The molecule has 0 aliphatic heterocycles. The molecule has 2 aromatic carbocycles. The molecule has 0 fully saturated rings. The van der Waals surface area contributed by atoms with E-state index in [1.165, 1.54) is 34.2 Å². The van der Waals surface area contributed by atoms with E-state index in [1.54, 1.807) is 0 Å². The first kappa shape index (κ1) is 19.3. The normalized spacial score (nSPS) is 11.4. The van der Waals surface area contributed by atoms with Crippen molar-refractivity contribution >= 4 is 5.70 Å². The maximum Gasteiger partial charge on any atom is 0.0403 e. The molecule has 1 nitrogen and oxygen atoms in total. The van der Waals surface area contributed by atoms with Gasteiger partial charge in [0.25, 0.3) is 0 Å². The van der Waals surface area contributed by atoms with Gasteiger partial charge in [0.05, 0.1) is 0 Å². The van der Waals surface area contributed by atoms with E-state index in [2.05, 4.69) is 89.0 Å². The minimum absolute atomic E-state index is 0.216. The monoisotopic (exact) mass is 335 g/mol. The topological polar surface area (TPSA) is 12.0 Å². The second kappa shape index (κ2) is 8.38. The Labute approximate surface area is 154 Å². The Balaban J connectivity index is 2.26. The first-order valence-electron chi connectivity index (χ1n) is 9.50. The summed E-state index contributed by atoms with van der Waals surface area (Å²) in [4.78, 5) is 0. The predicted molar refractivity (Wildman–Crippen MR) is 111 cm³/mol. The van der Waals surface area contributed by atoms with Crippen LogP contribution >= 0.6 is 0 Å². The molecule has 0 saturated carbocycles. The van der Waals surface area contributed by atoms with E-state index in [4.69, 9.17) is 0 Å². The lowest BCUT2D eigenvalue weighted by molar-refractivity contribution is 0.499. The zero-order chi connectivity index (χ0) is 18.4. The van der Waals surface area contributed by atoms with Crippen molar-refractivity contribution in [1.82, 2.24) is 5.32 Å². The Morgan fingerprint density at radius 2 is 1.76 bits per heavy atom. The quantitative estimate of drug-likeness (QED) is 0.589. The molecule has 0 saturated heterocycles. The number of hydrogen-bond acceptors (Lipinski definition) is 1. The van der Waals surface area contributed by atoms with Crippen LogP contribution in [0, 0.1) is 6.92 Å². The Bertz CT molecular complexity index is 725. The Kier molecular flexibility index (Phi) is 6.47. The molecule has 2 rings (SSSR count).